The lowest BCUT2D eigenvalue weighted by atomic mass is 10.1. The molecule has 0 N–H and O–H groups in total. The average Bonchev–Trinajstić information content (AvgIpc) is 2.57. The highest BCUT2D eigenvalue weighted by Gasteiger charge is 2.24. The van der Waals surface area contributed by atoms with Gasteiger partial charge in [-0.15, -0.1) is 12.4 Å². The number of halogens is 3. The lowest BCUT2D eigenvalue weighted by molar-refractivity contribution is 0.403. The number of nitrogens with zero attached hydrogens (tertiary/aromatic N) is 2. The molecule has 2 aliphatic rings. The second kappa shape index (κ2) is 5.68. The first-order chi connectivity index (χ1) is 8.25. The maximum Gasteiger partial charge on any atom is 0.105 e. The number of benzene rings is 1. The summed E-state index contributed by atoms with van der Waals surface area (Å²) in [6.45, 7) is 1.94. The maximum absolute atomic E-state index is 6.23. The van der Waals surface area contributed by atoms with Gasteiger partial charge < -0.3 is 4.90 Å². The molecular formula is C13H15Cl3N2. The van der Waals surface area contributed by atoms with Crippen LogP contribution in [0, 0.1) is 0 Å². The molecule has 0 amide bonds. The van der Waals surface area contributed by atoms with Gasteiger partial charge in [0.1, 0.15) is 5.84 Å². The van der Waals surface area contributed by atoms with E-state index in [2.05, 4.69) is 4.90 Å². The van der Waals surface area contributed by atoms with E-state index in [4.69, 9.17) is 28.2 Å². The molecule has 0 bridgehead atoms. The van der Waals surface area contributed by atoms with E-state index in [-0.39, 0.29) is 12.4 Å². The minimum absolute atomic E-state index is 0. The number of aliphatic imine (C=N–C) groups is 1. The van der Waals surface area contributed by atoms with Crippen LogP contribution < -0.4 is 0 Å². The van der Waals surface area contributed by atoms with Crippen LogP contribution in [0.5, 0.6) is 0 Å². The van der Waals surface area contributed by atoms with E-state index in [1.165, 1.54) is 25.1 Å². The lowest BCUT2D eigenvalue weighted by Gasteiger charge is -2.30. The first kappa shape index (κ1) is 14.0. The van der Waals surface area contributed by atoms with E-state index in [9.17, 15) is 0 Å². The van der Waals surface area contributed by atoms with Crippen molar-refractivity contribution >= 4 is 47.1 Å². The van der Waals surface area contributed by atoms with Gasteiger partial charge in [0.25, 0.3) is 0 Å². The zero-order chi connectivity index (χ0) is 11.8. The molecule has 1 aromatic carbocycles. The van der Waals surface area contributed by atoms with Gasteiger partial charge in [-0.05, 0) is 25.0 Å². The molecule has 0 unspecified atom stereocenters. The molecule has 1 aromatic rings. The minimum atomic E-state index is 0. The molecule has 3 rings (SSSR count). The Morgan fingerprint density at radius 3 is 2.67 bits per heavy atom. The summed E-state index contributed by atoms with van der Waals surface area (Å²) in [5, 5.41) is 1.48. The van der Waals surface area contributed by atoms with E-state index < -0.39 is 0 Å². The summed E-state index contributed by atoms with van der Waals surface area (Å²) < 4.78 is 0. The van der Waals surface area contributed by atoms with Gasteiger partial charge in [-0.2, -0.15) is 0 Å². The molecule has 98 valence electrons. The Balaban J connectivity index is 0.00000120. The zero-order valence-electron chi connectivity index (χ0n) is 9.96. The molecule has 5 heteroatoms. The van der Waals surface area contributed by atoms with Crippen LogP contribution in [-0.2, 0) is 6.54 Å². The summed E-state index contributed by atoms with van der Waals surface area (Å²) in [4.78, 5) is 7.06. The van der Waals surface area contributed by atoms with E-state index in [0.29, 0.717) is 5.02 Å². The van der Waals surface area contributed by atoms with Gasteiger partial charge in [-0.3, -0.25) is 0 Å². The molecular weight excluding hydrogens is 291 g/mol. The van der Waals surface area contributed by atoms with Crippen molar-refractivity contribution in [2.24, 2.45) is 4.99 Å². The first-order valence-electron chi connectivity index (χ1n) is 6.05. The lowest BCUT2D eigenvalue weighted by Crippen LogP contribution is -2.32. The number of hydrogen-bond donors (Lipinski definition) is 0. The molecule has 18 heavy (non-hydrogen) atoms. The fraction of sp³-hybridized carbons (Fsp3) is 0.462. The molecule has 1 fully saturated rings. The topological polar surface area (TPSA) is 15.6 Å². The van der Waals surface area contributed by atoms with Gasteiger partial charge in [0, 0.05) is 30.1 Å². The van der Waals surface area contributed by atoms with Crippen LogP contribution in [0.25, 0.3) is 0 Å². The van der Waals surface area contributed by atoms with Crippen LogP contribution in [-0.4, -0.2) is 17.3 Å². The van der Waals surface area contributed by atoms with Crippen molar-refractivity contribution in [1.29, 1.82) is 0 Å². The standard InChI is InChI=1S/C13H14Cl2N2.ClH/c14-10-5-6-11(15)13-9(10)8-17-7-3-1-2-4-12(17)16-13;/h5-6H,1-4,7-8H2;1H. The van der Waals surface area contributed by atoms with Gasteiger partial charge in [0.15, 0.2) is 0 Å². The Kier molecular flexibility index (Phi) is 4.41. The van der Waals surface area contributed by atoms with E-state index >= 15 is 0 Å². The van der Waals surface area contributed by atoms with Crippen LogP contribution in [0.3, 0.4) is 0 Å². The first-order valence-corrected chi connectivity index (χ1v) is 6.80. The number of amidine groups is 1. The van der Waals surface area contributed by atoms with Gasteiger partial charge in [-0.25, -0.2) is 4.99 Å². The molecule has 0 aliphatic carbocycles. The summed E-state index contributed by atoms with van der Waals surface area (Å²) in [5.41, 5.74) is 1.96. The number of hydrogen-bond acceptors (Lipinski definition) is 2. The monoisotopic (exact) mass is 304 g/mol. The highest BCUT2D eigenvalue weighted by molar-refractivity contribution is 6.36. The van der Waals surface area contributed by atoms with Crippen molar-refractivity contribution in [3.8, 4) is 0 Å². The van der Waals surface area contributed by atoms with Crippen LogP contribution in [0.1, 0.15) is 31.2 Å². The van der Waals surface area contributed by atoms with Gasteiger partial charge in [0.2, 0.25) is 0 Å². The highest BCUT2D eigenvalue weighted by Crippen LogP contribution is 2.39. The molecule has 0 radical (unpaired) electrons. The zero-order valence-corrected chi connectivity index (χ0v) is 12.3. The predicted molar refractivity (Wildman–Crippen MR) is 79.7 cm³/mol. The SMILES string of the molecule is Cl.Clc1ccc(Cl)c2c1CN1CCCCCC1=N2. The second-order valence-corrected chi connectivity index (χ2v) is 5.43. The van der Waals surface area contributed by atoms with Crippen molar-refractivity contribution in [3.63, 3.8) is 0 Å². The molecule has 1 saturated heterocycles. The molecule has 2 nitrogen and oxygen atoms in total. The normalized spacial score (nSPS) is 18.1. The maximum atomic E-state index is 6.23. The van der Waals surface area contributed by atoms with E-state index in [1.807, 2.05) is 12.1 Å². The molecule has 0 atom stereocenters. The minimum Gasteiger partial charge on any atom is -0.356 e. The second-order valence-electron chi connectivity index (χ2n) is 4.62. The summed E-state index contributed by atoms with van der Waals surface area (Å²) in [7, 11) is 0. The third-order valence-corrected chi connectivity index (χ3v) is 4.12. The van der Waals surface area contributed by atoms with Crippen LogP contribution in [0.2, 0.25) is 10.0 Å². The largest absolute Gasteiger partial charge is 0.356 e. The van der Waals surface area contributed by atoms with Crippen molar-refractivity contribution in [1.82, 2.24) is 4.90 Å². The Hall–Kier alpha value is -0.440. The van der Waals surface area contributed by atoms with Gasteiger partial charge in [0.05, 0.1) is 10.7 Å². The number of fused-ring (bicyclic) bond motifs is 2. The Bertz CT molecular complexity index is 485. The summed E-state index contributed by atoms with van der Waals surface area (Å²) in [5.74, 6) is 1.18. The average molecular weight is 306 g/mol. The third-order valence-electron chi connectivity index (χ3n) is 3.46. The van der Waals surface area contributed by atoms with Crippen molar-refractivity contribution in [3.05, 3.63) is 27.7 Å². The molecule has 0 spiro atoms. The van der Waals surface area contributed by atoms with Crippen LogP contribution >= 0.6 is 35.6 Å². The summed E-state index contributed by atoms with van der Waals surface area (Å²) >= 11 is 12.4. The Morgan fingerprint density at radius 2 is 1.83 bits per heavy atom. The smallest absolute Gasteiger partial charge is 0.105 e. The molecule has 2 aliphatic heterocycles. The van der Waals surface area contributed by atoms with Crippen LogP contribution in [0.15, 0.2) is 17.1 Å². The third kappa shape index (κ3) is 2.47. The summed E-state index contributed by atoms with van der Waals surface area (Å²) in [6, 6.07) is 3.69. The fourth-order valence-corrected chi connectivity index (χ4v) is 2.95. The van der Waals surface area contributed by atoms with E-state index in [1.54, 1.807) is 0 Å². The van der Waals surface area contributed by atoms with Crippen molar-refractivity contribution < 1.29 is 0 Å². The van der Waals surface area contributed by atoms with Crippen LogP contribution in [0.4, 0.5) is 5.69 Å². The van der Waals surface area contributed by atoms with Gasteiger partial charge >= 0.3 is 0 Å². The summed E-state index contributed by atoms with van der Waals surface area (Å²) in [6.07, 6.45) is 4.81. The van der Waals surface area contributed by atoms with Gasteiger partial charge in [-0.1, -0.05) is 29.6 Å². The highest BCUT2D eigenvalue weighted by atomic mass is 35.5. The van der Waals surface area contributed by atoms with Crippen molar-refractivity contribution in [2.45, 2.75) is 32.2 Å². The Labute approximate surface area is 123 Å². The Morgan fingerprint density at radius 1 is 1.06 bits per heavy atom. The molecule has 0 aromatic heterocycles. The number of rotatable bonds is 0. The quantitative estimate of drug-likeness (QED) is 0.670. The molecule has 0 saturated carbocycles. The molecule has 2 heterocycles. The van der Waals surface area contributed by atoms with E-state index in [0.717, 1.165) is 35.8 Å². The van der Waals surface area contributed by atoms with Crippen molar-refractivity contribution in [2.75, 3.05) is 6.54 Å². The fourth-order valence-electron chi connectivity index (χ4n) is 2.52. The predicted octanol–water partition coefficient (Wildman–Crippen LogP) is 4.83.